The predicted octanol–water partition coefficient (Wildman–Crippen LogP) is 4.27. The predicted molar refractivity (Wildman–Crippen MR) is 91.0 cm³/mol. The van der Waals surface area contributed by atoms with Gasteiger partial charge in [0, 0.05) is 29.3 Å². The average Bonchev–Trinajstić information content (AvgIpc) is 3.13. The van der Waals surface area contributed by atoms with Crippen LogP contribution in [0.3, 0.4) is 0 Å². The fraction of sp³-hybridized carbons (Fsp3) is 0.222. The van der Waals surface area contributed by atoms with Crippen molar-refractivity contribution in [1.29, 1.82) is 0 Å². The fourth-order valence-corrected chi connectivity index (χ4v) is 3.33. The van der Waals surface area contributed by atoms with E-state index in [9.17, 15) is 0 Å². The van der Waals surface area contributed by atoms with Crippen molar-refractivity contribution in [1.82, 2.24) is 15.2 Å². The third kappa shape index (κ3) is 2.21. The first kappa shape index (κ1) is 14.3. The summed E-state index contributed by atoms with van der Waals surface area (Å²) in [5, 5.41) is 8.18. The van der Waals surface area contributed by atoms with Crippen LogP contribution < -0.4 is 4.74 Å². The van der Waals surface area contributed by atoms with Crippen molar-refractivity contribution in [2.45, 2.75) is 19.8 Å². The Kier molecular flexibility index (Phi) is 3.34. The van der Waals surface area contributed by atoms with Crippen LogP contribution in [0.5, 0.6) is 5.75 Å². The molecule has 0 saturated carbocycles. The molecule has 0 amide bonds. The van der Waals surface area contributed by atoms with Crippen LogP contribution in [-0.2, 0) is 12.8 Å². The third-order valence-electron chi connectivity index (χ3n) is 4.39. The molecule has 0 unspecified atom stereocenters. The largest absolute Gasteiger partial charge is 0.496 e. The van der Waals surface area contributed by atoms with E-state index in [1.54, 1.807) is 19.4 Å². The van der Waals surface area contributed by atoms with Crippen LogP contribution in [0, 0.1) is 0 Å². The molecule has 1 aromatic carbocycles. The highest BCUT2D eigenvalue weighted by molar-refractivity contribution is 6.29. The molecule has 3 aromatic rings. The average molecular weight is 326 g/mol. The van der Waals surface area contributed by atoms with E-state index < -0.39 is 0 Å². The highest BCUT2D eigenvalue weighted by atomic mass is 35.5. The minimum Gasteiger partial charge on any atom is -0.496 e. The minimum atomic E-state index is 0.488. The van der Waals surface area contributed by atoms with E-state index in [1.807, 2.05) is 6.07 Å². The lowest BCUT2D eigenvalue weighted by Gasteiger charge is -2.10. The lowest BCUT2D eigenvalue weighted by atomic mass is 10.0. The normalized spacial score (nSPS) is 12.1. The smallest absolute Gasteiger partial charge is 0.129 e. The Bertz CT molecular complexity index is 884. The second kappa shape index (κ2) is 5.39. The van der Waals surface area contributed by atoms with Crippen LogP contribution in [-0.4, -0.2) is 22.3 Å². The van der Waals surface area contributed by atoms with Gasteiger partial charge in [0.05, 0.1) is 18.5 Å². The van der Waals surface area contributed by atoms with Gasteiger partial charge in [-0.3, -0.25) is 5.10 Å². The van der Waals surface area contributed by atoms with E-state index in [0.717, 1.165) is 35.5 Å². The van der Waals surface area contributed by atoms with Crippen LogP contribution in [0.1, 0.15) is 23.6 Å². The molecular weight excluding hydrogens is 310 g/mol. The highest BCUT2D eigenvalue weighted by Gasteiger charge is 2.26. The summed E-state index contributed by atoms with van der Waals surface area (Å²) >= 11 is 5.88. The number of ether oxygens (including phenoxy) is 1. The van der Waals surface area contributed by atoms with Crippen molar-refractivity contribution in [2.24, 2.45) is 0 Å². The number of aromatic nitrogens is 3. The van der Waals surface area contributed by atoms with Crippen molar-refractivity contribution >= 4 is 11.6 Å². The van der Waals surface area contributed by atoms with Crippen molar-refractivity contribution in [3.63, 3.8) is 0 Å². The molecule has 4 nitrogen and oxygen atoms in total. The van der Waals surface area contributed by atoms with Gasteiger partial charge >= 0.3 is 0 Å². The standard InChI is InChI=1S/C18H16ClN3O/c1-3-10-6-13-12(8-15(10)23-2)7-14-17(21-22-18(13)14)11-4-5-16(19)20-9-11/h4-6,8-9H,3,7H2,1-2H3,(H,21,22). The van der Waals surface area contributed by atoms with E-state index in [2.05, 4.69) is 34.2 Å². The Hall–Kier alpha value is -2.33. The number of nitrogens with one attached hydrogen (secondary N) is 1. The first-order valence-corrected chi connectivity index (χ1v) is 7.98. The molecule has 23 heavy (non-hydrogen) atoms. The van der Waals surface area contributed by atoms with Crippen LogP contribution in [0.4, 0.5) is 0 Å². The first-order chi connectivity index (χ1) is 11.2. The summed E-state index contributed by atoms with van der Waals surface area (Å²) in [6, 6.07) is 8.10. The van der Waals surface area contributed by atoms with Crippen LogP contribution in [0.25, 0.3) is 22.5 Å². The Balaban J connectivity index is 1.82. The summed E-state index contributed by atoms with van der Waals surface area (Å²) in [7, 11) is 1.72. The summed E-state index contributed by atoms with van der Waals surface area (Å²) < 4.78 is 5.51. The molecule has 0 spiro atoms. The summed E-state index contributed by atoms with van der Waals surface area (Å²) in [5.74, 6) is 0.957. The molecule has 0 fully saturated rings. The maximum absolute atomic E-state index is 5.88. The maximum Gasteiger partial charge on any atom is 0.129 e. The van der Waals surface area contributed by atoms with Gasteiger partial charge in [-0.25, -0.2) is 4.98 Å². The number of nitrogens with zero attached hydrogens (tertiary/aromatic N) is 2. The zero-order valence-electron chi connectivity index (χ0n) is 13.0. The van der Waals surface area contributed by atoms with Crippen LogP contribution >= 0.6 is 11.6 Å². The molecule has 2 heterocycles. The zero-order chi connectivity index (χ0) is 16.0. The number of fused-ring (bicyclic) bond motifs is 3. The van der Waals surface area contributed by atoms with Gasteiger partial charge in [-0.05, 0) is 41.8 Å². The number of rotatable bonds is 3. The molecule has 1 aliphatic rings. The van der Waals surface area contributed by atoms with E-state index in [-0.39, 0.29) is 0 Å². The second-order valence-electron chi connectivity index (χ2n) is 5.65. The molecule has 0 atom stereocenters. The number of hydrogen-bond acceptors (Lipinski definition) is 3. The molecule has 5 heteroatoms. The monoisotopic (exact) mass is 325 g/mol. The maximum atomic E-state index is 5.88. The third-order valence-corrected chi connectivity index (χ3v) is 4.62. The van der Waals surface area contributed by atoms with Crippen molar-refractivity contribution < 1.29 is 4.74 Å². The summed E-state index contributed by atoms with van der Waals surface area (Å²) in [5.41, 5.74) is 7.93. The molecule has 1 aliphatic carbocycles. The number of benzene rings is 1. The Morgan fingerprint density at radius 3 is 2.87 bits per heavy atom. The van der Waals surface area contributed by atoms with Gasteiger partial charge in [-0.1, -0.05) is 18.5 Å². The van der Waals surface area contributed by atoms with Gasteiger partial charge in [0.1, 0.15) is 10.9 Å². The van der Waals surface area contributed by atoms with E-state index in [1.165, 1.54) is 22.3 Å². The number of aryl methyl sites for hydroxylation is 1. The molecule has 2 aromatic heterocycles. The Morgan fingerprint density at radius 1 is 1.30 bits per heavy atom. The van der Waals surface area contributed by atoms with Crippen LogP contribution in [0.2, 0.25) is 5.15 Å². The number of hydrogen-bond donors (Lipinski definition) is 1. The lowest BCUT2D eigenvalue weighted by Crippen LogP contribution is -1.94. The van der Waals surface area contributed by atoms with Gasteiger partial charge < -0.3 is 4.74 Å². The molecule has 4 rings (SSSR count). The molecule has 116 valence electrons. The second-order valence-corrected chi connectivity index (χ2v) is 6.03. The first-order valence-electron chi connectivity index (χ1n) is 7.60. The molecule has 0 aliphatic heterocycles. The Labute approximate surface area is 139 Å². The summed E-state index contributed by atoms with van der Waals surface area (Å²) in [6.45, 7) is 2.14. The van der Waals surface area contributed by atoms with E-state index in [0.29, 0.717) is 5.15 Å². The summed E-state index contributed by atoms with van der Waals surface area (Å²) in [6.07, 6.45) is 3.55. The topological polar surface area (TPSA) is 50.8 Å². The van der Waals surface area contributed by atoms with Gasteiger partial charge in [-0.2, -0.15) is 5.10 Å². The number of aromatic amines is 1. The van der Waals surface area contributed by atoms with Crippen LogP contribution in [0.15, 0.2) is 30.5 Å². The Morgan fingerprint density at radius 2 is 2.17 bits per heavy atom. The number of halogens is 1. The molecule has 0 bridgehead atoms. The van der Waals surface area contributed by atoms with E-state index in [4.69, 9.17) is 16.3 Å². The number of pyridine rings is 1. The fourth-order valence-electron chi connectivity index (χ4n) is 3.22. The molecule has 1 N–H and O–H groups in total. The van der Waals surface area contributed by atoms with Gasteiger partial charge in [-0.15, -0.1) is 0 Å². The van der Waals surface area contributed by atoms with Crippen molar-refractivity contribution in [3.8, 4) is 28.3 Å². The van der Waals surface area contributed by atoms with Gasteiger partial charge in [0.2, 0.25) is 0 Å². The van der Waals surface area contributed by atoms with Crippen molar-refractivity contribution in [3.05, 3.63) is 52.3 Å². The molecular formula is C18H16ClN3O. The van der Waals surface area contributed by atoms with Crippen molar-refractivity contribution in [2.75, 3.05) is 7.11 Å². The SMILES string of the molecule is CCc1cc2c(cc1OC)Cc1c(-c3ccc(Cl)nc3)n[nH]c1-2. The summed E-state index contributed by atoms with van der Waals surface area (Å²) in [4.78, 5) is 4.16. The zero-order valence-corrected chi connectivity index (χ0v) is 13.7. The highest BCUT2D eigenvalue weighted by Crippen LogP contribution is 2.42. The lowest BCUT2D eigenvalue weighted by molar-refractivity contribution is 0.410. The minimum absolute atomic E-state index is 0.488. The molecule has 0 radical (unpaired) electrons. The van der Waals surface area contributed by atoms with Gasteiger partial charge in [0.25, 0.3) is 0 Å². The van der Waals surface area contributed by atoms with Gasteiger partial charge in [0.15, 0.2) is 0 Å². The number of H-pyrrole nitrogens is 1. The molecule has 0 saturated heterocycles. The quantitative estimate of drug-likeness (QED) is 0.572. The van der Waals surface area contributed by atoms with E-state index >= 15 is 0 Å². The number of methoxy groups -OCH3 is 1.